The number of thiophene rings is 1. The average molecular weight is 387 g/mol. The van der Waals surface area contributed by atoms with Crippen LogP contribution in [0.1, 0.15) is 28.8 Å². The first-order valence-electron chi connectivity index (χ1n) is 9.89. The molecule has 28 heavy (non-hydrogen) atoms. The first-order chi connectivity index (χ1) is 13.9. The number of aryl methyl sites for hydroxylation is 2. The average Bonchev–Trinajstić information content (AvgIpc) is 3.14. The first-order valence-corrected chi connectivity index (χ1v) is 10.7. The van der Waals surface area contributed by atoms with Gasteiger partial charge in [-0.1, -0.05) is 30.3 Å². The van der Waals surface area contributed by atoms with Gasteiger partial charge in [-0.3, -0.25) is 4.98 Å². The number of anilines is 1. The van der Waals surface area contributed by atoms with Gasteiger partial charge in [-0.05, 0) is 55.4 Å². The summed E-state index contributed by atoms with van der Waals surface area (Å²) in [5.41, 5.74) is 3.81. The normalized spacial score (nSPS) is 13.4. The predicted octanol–water partition coefficient (Wildman–Crippen LogP) is 5.29. The minimum Gasteiger partial charge on any atom is -0.369 e. The lowest BCUT2D eigenvalue weighted by atomic mass is 9.97. The molecule has 0 aliphatic heterocycles. The third-order valence-corrected chi connectivity index (χ3v) is 6.49. The second-order valence-electron chi connectivity index (χ2n) is 7.19. The topological polar surface area (TPSA) is 50.7 Å². The van der Waals surface area contributed by atoms with Crippen LogP contribution in [-0.2, 0) is 19.3 Å². The predicted molar refractivity (Wildman–Crippen MR) is 116 cm³/mol. The van der Waals surface area contributed by atoms with Gasteiger partial charge >= 0.3 is 0 Å². The molecule has 0 radical (unpaired) electrons. The molecule has 5 heteroatoms. The van der Waals surface area contributed by atoms with Crippen molar-refractivity contribution in [1.82, 2.24) is 15.0 Å². The van der Waals surface area contributed by atoms with E-state index < -0.39 is 0 Å². The molecule has 5 rings (SSSR count). The maximum atomic E-state index is 4.94. The van der Waals surface area contributed by atoms with E-state index in [9.17, 15) is 0 Å². The maximum Gasteiger partial charge on any atom is 0.163 e. The van der Waals surface area contributed by atoms with E-state index in [1.165, 1.54) is 40.7 Å². The van der Waals surface area contributed by atoms with Gasteiger partial charge < -0.3 is 5.32 Å². The van der Waals surface area contributed by atoms with Gasteiger partial charge in [-0.15, -0.1) is 11.3 Å². The van der Waals surface area contributed by atoms with Crippen LogP contribution in [0.3, 0.4) is 0 Å². The molecule has 3 aromatic heterocycles. The van der Waals surface area contributed by atoms with Crippen LogP contribution in [-0.4, -0.2) is 21.5 Å². The molecule has 140 valence electrons. The highest BCUT2D eigenvalue weighted by Crippen LogP contribution is 2.39. The molecule has 0 unspecified atom stereocenters. The molecule has 0 atom stereocenters. The fourth-order valence-corrected chi connectivity index (χ4v) is 5.15. The van der Waals surface area contributed by atoms with E-state index in [2.05, 4.69) is 40.6 Å². The smallest absolute Gasteiger partial charge is 0.163 e. The second kappa shape index (κ2) is 7.68. The lowest BCUT2D eigenvalue weighted by Gasteiger charge is -2.13. The number of hydrogen-bond acceptors (Lipinski definition) is 5. The number of benzene rings is 1. The number of hydrogen-bond donors (Lipinski definition) is 1. The van der Waals surface area contributed by atoms with Crippen LogP contribution in [0.15, 0.2) is 54.9 Å². The van der Waals surface area contributed by atoms with Crippen molar-refractivity contribution in [1.29, 1.82) is 0 Å². The zero-order valence-electron chi connectivity index (χ0n) is 15.7. The molecule has 1 N–H and O–H groups in total. The van der Waals surface area contributed by atoms with Gasteiger partial charge in [-0.2, -0.15) is 0 Å². The van der Waals surface area contributed by atoms with Gasteiger partial charge in [0.2, 0.25) is 0 Å². The van der Waals surface area contributed by atoms with Crippen LogP contribution in [0, 0.1) is 0 Å². The van der Waals surface area contributed by atoms with E-state index in [4.69, 9.17) is 9.97 Å². The lowest BCUT2D eigenvalue weighted by molar-refractivity contribution is 0.700. The number of aromatic nitrogens is 3. The molecular formula is C23H22N4S. The Labute approximate surface area is 168 Å². The molecule has 1 aliphatic rings. The quantitative estimate of drug-likeness (QED) is 0.506. The molecule has 0 saturated heterocycles. The molecule has 1 aromatic carbocycles. The Balaban J connectivity index is 1.53. The Bertz CT molecular complexity index is 1090. The Morgan fingerprint density at radius 2 is 1.75 bits per heavy atom. The molecule has 0 spiro atoms. The van der Waals surface area contributed by atoms with Crippen LogP contribution >= 0.6 is 11.3 Å². The highest BCUT2D eigenvalue weighted by molar-refractivity contribution is 7.19. The van der Waals surface area contributed by atoms with Crippen LogP contribution in [0.2, 0.25) is 0 Å². The summed E-state index contributed by atoms with van der Waals surface area (Å²) >= 11 is 1.85. The number of nitrogens with one attached hydrogen (secondary N) is 1. The maximum absolute atomic E-state index is 4.94. The summed E-state index contributed by atoms with van der Waals surface area (Å²) in [5.74, 6) is 1.75. The van der Waals surface area contributed by atoms with Gasteiger partial charge in [0.1, 0.15) is 10.6 Å². The zero-order chi connectivity index (χ0) is 18.8. The molecule has 4 nitrogen and oxygen atoms in total. The Kier molecular flexibility index (Phi) is 4.75. The third kappa shape index (κ3) is 3.38. The van der Waals surface area contributed by atoms with E-state index >= 15 is 0 Å². The van der Waals surface area contributed by atoms with Crippen molar-refractivity contribution in [3.05, 3.63) is 70.9 Å². The molecule has 0 fully saturated rings. The van der Waals surface area contributed by atoms with Gasteiger partial charge in [0.05, 0.1) is 5.39 Å². The van der Waals surface area contributed by atoms with Crippen molar-refractivity contribution in [3.63, 3.8) is 0 Å². The fourth-order valence-electron chi connectivity index (χ4n) is 3.89. The van der Waals surface area contributed by atoms with Gasteiger partial charge in [0.15, 0.2) is 5.82 Å². The van der Waals surface area contributed by atoms with Gasteiger partial charge in [0.25, 0.3) is 0 Å². The van der Waals surface area contributed by atoms with Crippen LogP contribution < -0.4 is 5.32 Å². The zero-order valence-corrected chi connectivity index (χ0v) is 16.5. The lowest BCUT2D eigenvalue weighted by Crippen LogP contribution is -2.09. The van der Waals surface area contributed by atoms with Crippen molar-refractivity contribution in [2.45, 2.75) is 32.1 Å². The molecule has 0 saturated carbocycles. The number of nitrogens with zero attached hydrogens (tertiary/aromatic N) is 3. The van der Waals surface area contributed by atoms with E-state index in [0.29, 0.717) is 0 Å². The summed E-state index contributed by atoms with van der Waals surface area (Å²) in [4.78, 5) is 16.6. The van der Waals surface area contributed by atoms with Crippen molar-refractivity contribution < 1.29 is 0 Å². The number of fused-ring (bicyclic) bond motifs is 3. The Morgan fingerprint density at radius 3 is 2.61 bits per heavy atom. The minimum absolute atomic E-state index is 0.774. The van der Waals surface area contributed by atoms with Crippen molar-refractivity contribution >= 4 is 27.4 Å². The number of rotatable bonds is 5. The highest BCUT2D eigenvalue weighted by Gasteiger charge is 2.21. The second-order valence-corrected chi connectivity index (χ2v) is 8.27. The third-order valence-electron chi connectivity index (χ3n) is 5.30. The van der Waals surface area contributed by atoms with E-state index in [1.807, 2.05) is 23.5 Å². The van der Waals surface area contributed by atoms with Crippen LogP contribution in [0.5, 0.6) is 0 Å². The molecule has 3 heterocycles. The van der Waals surface area contributed by atoms with Gasteiger partial charge in [-0.25, -0.2) is 9.97 Å². The summed E-state index contributed by atoms with van der Waals surface area (Å²) in [6.45, 7) is 0.858. The van der Waals surface area contributed by atoms with E-state index in [1.54, 1.807) is 12.4 Å². The molecule has 0 amide bonds. The summed E-state index contributed by atoms with van der Waals surface area (Å²) in [6.07, 6.45) is 9.42. The molecule has 4 aromatic rings. The van der Waals surface area contributed by atoms with Crippen LogP contribution in [0.25, 0.3) is 21.6 Å². The van der Waals surface area contributed by atoms with Crippen molar-refractivity contribution in [3.8, 4) is 11.4 Å². The van der Waals surface area contributed by atoms with Gasteiger partial charge in [0, 0.05) is 29.4 Å². The monoisotopic (exact) mass is 386 g/mol. The number of pyridine rings is 1. The Morgan fingerprint density at radius 1 is 0.929 bits per heavy atom. The molecular weight excluding hydrogens is 364 g/mol. The summed E-state index contributed by atoms with van der Waals surface area (Å²) in [6, 6.07) is 14.5. The van der Waals surface area contributed by atoms with Crippen molar-refractivity contribution in [2.75, 3.05) is 11.9 Å². The summed E-state index contributed by atoms with van der Waals surface area (Å²) in [7, 11) is 0. The highest BCUT2D eigenvalue weighted by atomic mass is 32.1. The summed E-state index contributed by atoms with van der Waals surface area (Å²) < 4.78 is 0. The minimum atomic E-state index is 0.774. The van der Waals surface area contributed by atoms with Crippen LogP contribution in [0.4, 0.5) is 5.82 Å². The van der Waals surface area contributed by atoms with Crippen molar-refractivity contribution in [2.24, 2.45) is 0 Å². The van der Waals surface area contributed by atoms with E-state index in [-0.39, 0.29) is 0 Å². The Hall–Kier alpha value is -2.79. The summed E-state index contributed by atoms with van der Waals surface area (Å²) in [5, 5.41) is 4.86. The largest absolute Gasteiger partial charge is 0.369 e. The standard InChI is InChI=1S/C23H22N4S/c1-2-6-16(7-3-1)10-15-25-22-20-18-8-4-5-9-19(18)28-23(20)27-21(26-22)17-11-13-24-14-12-17/h1-3,6-7,11-14H,4-5,8-10,15H2,(H,25,26,27). The first kappa shape index (κ1) is 17.3. The SMILES string of the molecule is c1ccc(CCNc2nc(-c3ccncc3)nc3sc4c(c23)CCCC4)cc1. The molecule has 0 bridgehead atoms. The van der Waals surface area contributed by atoms with E-state index in [0.717, 1.165) is 41.4 Å². The fraction of sp³-hybridized carbons (Fsp3) is 0.261. The molecule has 1 aliphatic carbocycles.